The molecule has 1 rings (SSSR count). The van der Waals surface area contributed by atoms with Gasteiger partial charge in [-0.3, -0.25) is 4.79 Å². The van der Waals surface area contributed by atoms with Gasteiger partial charge in [0.05, 0.1) is 12.3 Å². The van der Waals surface area contributed by atoms with E-state index < -0.39 is 0 Å². The van der Waals surface area contributed by atoms with Gasteiger partial charge in [-0.1, -0.05) is 6.92 Å². The van der Waals surface area contributed by atoms with Crippen LogP contribution >= 0.6 is 0 Å². The fraction of sp³-hybridized carbons (Fsp3) is 0.462. The summed E-state index contributed by atoms with van der Waals surface area (Å²) in [5.74, 6) is 0.961. The molecule has 0 aliphatic carbocycles. The van der Waals surface area contributed by atoms with Crippen molar-refractivity contribution >= 4 is 11.7 Å². The normalized spacial score (nSPS) is 9.89. The quantitative estimate of drug-likeness (QED) is 0.457. The van der Waals surface area contributed by atoms with Crippen LogP contribution in [0, 0.1) is 0 Å². The van der Waals surface area contributed by atoms with E-state index in [4.69, 9.17) is 19.9 Å². The number of benzene rings is 1. The van der Waals surface area contributed by atoms with E-state index in [1.165, 1.54) is 6.92 Å². The zero-order valence-electron chi connectivity index (χ0n) is 10.8. The molecule has 0 fully saturated rings. The Balaban J connectivity index is 2.44. The fourth-order valence-corrected chi connectivity index (χ4v) is 1.30. The van der Waals surface area contributed by atoms with Gasteiger partial charge < -0.3 is 19.9 Å². The standard InChI is InChI=1S/C13H19NO4/c1-3-6-17-11-4-5-13(12(14)9-11)18-8-7-16-10(2)15/h4-5,9H,3,6-8,14H2,1-2H3. The van der Waals surface area contributed by atoms with E-state index in [1.807, 2.05) is 6.92 Å². The van der Waals surface area contributed by atoms with Gasteiger partial charge in [0.15, 0.2) is 0 Å². The first kappa shape index (κ1) is 14.2. The number of hydrogen-bond donors (Lipinski definition) is 1. The first-order chi connectivity index (χ1) is 8.63. The van der Waals surface area contributed by atoms with E-state index in [0.29, 0.717) is 18.0 Å². The van der Waals surface area contributed by atoms with E-state index >= 15 is 0 Å². The third-order valence-corrected chi connectivity index (χ3v) is 2.10. The van der Waals surface area contributed by atoms with Gasteiger partial charge in [-0.15, -0.1) is 0 Å². The molecule has 0 aromatic heterocycles. The Morgan fingerprint density at radius 1 is 1.22 bits per heavy atom. The molecule has 0 saturated heterocycles. The molecular weight excluding hydrogens is 234 g/mol. The van der Waals surface area contributed by atoms with Crippen LogP contribution < -0.4 is 15.2 Å². The minimum atomic E-state index is -0.324. The molecule has 0 unspecified atom stereocenters. The van der Waals surface area contributed by atoms with Crippen molar-refractivity contribution in [3.63, 3.8) is 0 Å². The highest BCUT2D eigenvalue weighted by molar-refractivity contribution is 5.65. The third-order valence-electron chi connectivity index (χ3n) is 2.10. The predicted octanol–water partition coefficient (Wildman–Crippen LogP) is 2.00. The van der Waals surface area contributed by atoms with Crippen molar-refractivity contribution in [2.75, 3.05) is 25.6 Å². The van der Waals surface area contributed by atoms with Crippen molar-refractivity contribution in [2.45, 2.75) is 20.3 Å². The van der Waals surface area contributed by atoms with Gasteiger partial charge in [-0.05, 0) is 18.6 Å². The van der Waals surface area contributed by atoms with Crippen LogP contribution in [0.2, 0.25) is 0 Å². The molecule has 0 aliphatic heterocycles. The largest absolute Gasteiger partial charge is 0.494 e. The predicted molar refractivity (Wildman–Crippen MR) is 68.8 cm³/mol. The molecule has 1 aromatic carbocycles. The van der Waals surface area contributed by atoms with E-state index in [1.54, 1.807) is 18.2 Å². The molecule has 0 atom stereocenters. The topological polar surface area (TPSA) is 70.8 Å². The fourth-order valence-electron chi connectivity index (χ4n) is 1.30. The highest BCUT2D eigenvalue weighted by Crippen LogP contribution is 2.26. The second kappa shape index (κ2) is 7.42. The van der Waals surface area contributed by atoms with Crippen molar-refractivity contribution in [1.82, 2.24) is 0 Å². The molecule has 1 aromatic rings. The molecule has 5 nitrogen and oxygen atoms in total. The smallest absolute Gasteiger partial charge is 0.302 e. The molecule has 0 saturated carbocycles. The van der Waals surface area contributed by atoms with E-state index in [2.05, 4.69) is 0 Å². The lowest BCUT2D eigenvalue weighted by Crippen LogP contribution is -2.10. The SMILES string of the molecule is CCCOc1ccc(OCCOC(C)=O)c(N)c1. The summed E-state index contributed by atoms with van der Waals surface area (Å²) in [5, 5.41) is 0. The zero-order valence-corrected chi connectivity index (χ0v) is 10.8. The highest BCUT2D eigenvalue weighted by atomic mass is 16.6. The van der Waals surface area contributed by atoms with Crippen molar-refractivity contribution in [3.8, 4) is 11.5 Å². The number of nitrogen functional groups attached to an aromatic ring is 1. The van der Waals surface area contributed by atoms with Crippen LogP contribution in [0.5, 0.6) is 11.5 Å². The maximum Gasteiger partial charge on any atom is 0.302 e. The van der Waals surface area contributed by atoms with Gasteiger partial charge in [0, 0.05) is 13.0 Å². The molecule has 0 amide bonds. The minimum Gasteiger partial charge on any atom is -0.494 e. The van der Waals surface area contributed by atoms with Crippen LogP contribution in [0.15, 0.2) is 18.2 Å². The number of esters is 1. The molecule has 0 heterocycles. The van der Waals surface area contributed by atoms with Crippen LogP contribution in [0.3, 0.4) is 0 Å². The number of anilines is 1. The molecule has 0 radical (unpaired) electrons. The van der Waals surface area contributed by atoms with E-state index in [9.17, 15) is 4.79 Å². The van der Waals surface area contributed by atoms with E-state index in [-0.39, 0.29) is 19.2 Å². The molecule has 5 heteroatoms. The van der Waals surface area contributed by atoms with Gasteiger partial charge >= 0.3 is 5.97 Å². The van der Waals surface area contributed by atoms with Crippen LogP contribution in [0.25, 0.3) is 0 Å². The number of ether oxygens (including phenoxy) is 3. The second-order valence-corrected chi connectivity index (χ2v) is 3.74. The highest BCUT2D eigenvalue weighted by Gasteiger charge is 2.03. The summed E-state index contributed by atoms with van der Waals surface area (Å²) in [6, 6.07) is 5.26. The van der Waals surface area contributed by atoms with Crippen molar-refractivity contribution in [3.05, 3.63) is 18.2 Å². The van der Waals surface area contributed by atoms with Gasteiger partial charge in [-0.2, -0.15) is 0 Å². The summed E-state index contributed by atoms with van der Waals surface area (Å²) >= 11 is 0. The molecule has 100 valence electrons. The number of nitrogens with two attached hydrogens (primary N) is 1. The molecular formula is C13H19NO4. The first-order valence-electron chi connectivity index (χ1n) is 5.92. The lowest BCUT2D eigenvalue weighted by atomic mass is 10.3. The van der Waals surface area contributed by atoms with Gasteiger partial charge in [0.25, 0.3) is 0 Å². The molecule has 0 bridgehead atoms. The Morgan fingerprint density at radius 3 is 2.61 bits per heavy atom. The van der Waals surface area contributed by atoms with Crippen LogP contribution in [-0.4, -0.2) is 25.8 Å². The van der Waals surface area contributed by atoms with Crippen molar-refractivity contribution < 1.29 is 19.0 Å². The van der Waals surface area contributed by atoms with Gasteiger partial charge in [0.2, 0.25) is 0 Å². The van der Waals surface area contributed by atoms with Crippen molar-refractivity contribution in [2.24, 2.45) is 0 Å². The Bertz CT molecular complexity index is 393. The van der Waals surface area contributed by atoms with Crippen LogP contribution in [0.4, 0.5) is 5.69 Å². The third kappa shape index (κ3) is 4.95. The first-order valence-corrected chi connectivity index (χ1v) is 5.92. The molecule has 18 heavy (non-hydrogen) atoms. The summed E-state index contributed by atoms with van der Waals surface area (Å²) in [6.07, 6.45) is 0.945. The van der Waals surface area contributed by atoms with Crippen LogP contribution in [-0.2, 0) is 9.53 Å². The van der Waals surface area contributed by atoms with Crippen LogP contribution in [0.1, 0.15) is 20.3 Å². The monoisotopic (exact) mass is 253 g/mol. The average Bonchev–Trinajstić information content (AvgIpc) is 2.33. The number of hydrogen-bond acceptors (Lipinski definition) is 5. The number of rotatable bonds is 7. The number of carbonyl (C=O) groups is 1. The van der Waals surface area contributed by atoms with E-state index in [0.717, 1.165) is 12.2 Å². The number of carbonyl (C=O) groups excluding carboxylic acids is 1. The molecule has 2 N–H and O–H groups in total. The minimum absolute atomic E-state index is 0.211. The summed E-state index contributed by atoms with van der Waals surface area (Å²) in [5.41, 5.74) is 6.33. The van der Waals surface area contributed by atoms with Crippen molar-refractivity contribution in [1.29, 1.82) is 0 Å². The Kier molecular flexibility index (Phi) is 5.84. The summed E-state index contributed by atoms with van der Waals surface area (Å²) in [6.45, 7) is 4.54. The zero-order chi connectivity index (χ0) is 13.4. The Labute approximate surface area is 107 Å². The summed E-state index contributed by atoms with van der Waals surface area (Å²) < 4.78 is 15.6. The molecule has 0 aliphatic rings. The lowest BCUT2D eigenvalue weighted by Gasteiger charge is -2.11. The molecule has 0 spiro atoms. The Hall–Kier alpha value is -1.91. The maximum absolute atomic E-state index is 10.5. The second-order valence-electron chi connectivity index (χ2n) is 3.74. The Morgan fingerprint density at radius 2 is 2.00 bits per heavy atom. The average molecular weight is 253 g/mol. The summed E-state index contributed by atoms with van der Waals surface area (Å²) in [4.78, 5) is 10.5. The lowest BCUT2D eigenvalue weighted by molar-refractivity contribution is -0.141. The maximum atomic E-state index is 10.5. The van der Waals surface area contributed by atoms with Gasteiger partial charge in [0.1, 0.15) is 24.7 Å². The van der Waals surface area contributed by atoms with Gasteiger partial charge in [-0.25, -0.2) is 0 Å². The summed E-state index contributed by atoms with van der Waals surface area (Å²) in [7, 11) is 0.